The number of fused-ring (bicyclic) bond motifs is 1. The van der Waals surface area contributed by atoms with Gasteiger partial charge >= 0.3 is 5.97 Å². The molecule has 17 heavy (non-hydrogen) atoms. The number of carbonyl (C=O) groups is 1. The van der Waals surface area contributed by atoms with E-state index in [-0.39, 0.29) is 12.4 Å². The standard InChI is InChI=1S/C12H14N2O3/c13-5-3-12(15)16-6-4-9-1-2-10-11(7-9)17-8-14-10/h1-2,7-8H,3-6,13H2. The van der Waals surface area contributed by atoms with Gasteiger partial charge in [-0.25, -0.2) is 4.98 Å². The summed E-state index contributed by atoms with van der Waals surface area (Å²) in [5.41, 5.74) is 7.87. The fourth-order valence-corrected chi connectivity index (χ4v) is 1.53. The van der Waals surface area contributed by atoms with E-state index in [9.17, 15) is 4.79 Å². The van der Waals surface area contributed by atoms with Gasteiger partial charge in [-0.15, -0.1) is 0 Å². The number of aromatic nitrogens is 1. The highest BCUT2D eigenvalue weighted by molar-refractivity contribution is 5.72. The SMILES string of the molecule is NCCC(=O)OCCc1ccc2ncoc2c1. The topological polar surface area (TPSA) is 78.4 Å². The molecule has 0 unspecified atom stereocenters. The molecule has 0 radical (unpaired) electrons. The predicted octanol–water partition coefficient (Wildman–Crippen LogP) is 1.26. The third kappa shape index (κ3) is 3.04. The molecular weight excluding hydrogens is 220 g/mol. The third-order valence-corrected chi connectivity index (χ3v) is 2.40. The quantitative estimate of drug-likeness (QED) is 0.788. The average Bonchev–Trinajstić information content (AvgIpc) is 2.76. The molecule has 0 saturated heterocycles. The van der Waals surface area contributed by atoms with E-state index in [2.05, 4.69) is 4.98 Å². The van der Waals surface area contributed by atoms with Crippen molar-refractivity contribution < 1.29 is 13.9 Å². The molecule has 0 saturated carbocycles. The number of benzene rings is 1. The van der Waals surface area contributed by atoms with Gasteiger partial charge in [0.1, 0.15) is 5.52 Å². The first-order chi connectivity index (χ1) is 8.29. The van der Waals surface area contributed by atoms with Crippen LogP contribution in [0.4, 0.5) is 0 Å². The number of nitrogens with two attached hydrogens (primary N) is 1. The van der Waals surface area contributed by atoms with E-state index >= 15 is 0 Å². The van der Waals surface area contributed by atoms with Gasteiger partial charge in [0, 0.05) is 13.0 Å². The van der Waals surface area contributed by atoms with E-state index in [4.69, 9.17) is 14.9 Å². The lowest BCUT2D eigenvalue weighted by molar-refractivity contribution is -0.143. The van der Waals surface area contributed by atoms with Gasteiger partial charge in [-0.1, -0.05) is 6.07 Å². The molecule has 90 valence electrons. The van der Waals surface area contributed by atoms with Crippen molar-refractivity contribution in [3.63, 3.8) is 0 Å². The Morgan fingerprint density at radius 3 is 3.18 bits per heavy atom. The van der Waals surface area contributed by atoms with E-state index in [1.54, 1.807) is 0 Å². The zero-order valence-corrected chi connectivity index (χ0v) is 9.39. The molecule has 1 heterocycles. The van der Waals surface area contributed by atoms with Gasteiger partial charge in [0.25, 0.3) is 0 Å². The van der Waals surface area contributed by atoms with Gasteiger partial charge in [-0.2, -0.15) is 0 Å². The van der Waals surface area contributed by atoms with Crippen molar-refractivity contribution >= 4 is 17.1 Å². The molecule has 0 aliphatic rings. The summed E-state index contributed by atoms with van der Waals surface area (Å²) in [7, 11) is 0. The highest BCUT2D eigenvalue weighted by Crippen LogP contribution is 2.14. The largest absolute Gasteiger partial charge is 0.465 e. The van der Waals surface area contributed by atoms with Crippen molar-refractivity contribution in [2.75, 3.05) is 13.2 Å². The second-order valence-corrected chi connectivity index (χ2v) is 3.66. The highest BCUT2D eigenvalue weighted by atomic mass is 16.5. The number of carbonyl (C=O) groups excluding carboxylic acids is 1. The number of hydrogen-bond acceptors (Lipinski definition) is 5. The van der Waals surface area contributed by atoms with Crippen LogP contribution in [0.5, 0.6) is 0 Å². The summed E-state index contributed by atoms with van der Waals surface area (Å²) < 4.78 is 10.2. The van der Waals surface area contributed by atoms with Crippen LogP contribution in [0, 0.1) is 0 Å². The zero-order valence-electron chi connectivity index (χ0n) is 9.39. The first-order valence-corrected chi connectivity index (χ1v) is 5.47. The van der Waals surface area contributed by atoms with Gasteiger partial charge in [0.05, 0.1) is 13.0 Å². The Balaban J connectivity index is 1.88. The van der Waals surface area contributed by atoms with Crippen LogP contribution in [0.2, 0.25) is 0 Å². The first-order valence-electron chi connectivity index (χ1n) is 5.47. The molecule has 0 atom stereocenters. The van der Waals surface area contributed by atoms with Gasteiger partial charge in [-0.05, 0) is 17.7 Å². The number of ether oxygens (including phenoxy) is 1. The zero-order chi connectivity index (χ0) is 12.1. The Morgan fingerprint density at radius 2 is 2.35 bits per heavy atom. The van der Waals surface area contributed by atoms with Gasteiger partial charge in [0.15, 0.2) is 12.0 Å². The molecule has 0 fully saturated rings. The maximum Gasteiger partial charge on any atom is 0.307 e. The van der Waals surface area contributed by atoms with Crippen LogP contribution in [-0.4, -0.2) is 24.1 Å². The number of esters is 1. The molecule has 2 rings (SSSR count). The third-order valence-electron chi connectivity index (χ3n) is 2.40. The van der Waals surface area contributed by atoms with Crippen LogP contribution >= 0.6 is 0 Å². The Labute approximate surface area is 98.6 Å². The minimum atomic E-state index is -0.256. The van der Waals surface area contributed by atoms with Crippen molar-refractivity contribution in [1.82, 2.24) is 4.98 Å². The Bertz CT molecular complexity index is 507. The van der Waals surface area contributed by atoms with E-state index in [1.165, 1.54) is 6.39 Å². The highest BCUT2D eigenvalue weighted by Gasteiger charge is 2.03. The summed E-state index contributed by atoms with van der Waals surface area (Å²) in [6, 6.07) is 5.73. The number of nitrogens with zero attached hydrogens (tertiary/aromatic N) is 1. The fraction of sp³-hybridized carbons (Fsp3) is 0.333. The Hall–Kier alpha value is -1.88. The van der Waals surface area contributed by atoms with Crippen LogP contribution in [0.25, 0.3) is 11.1 Å². The second-order valence-electron chi connectivity index (χ2n) is 3.66. The van der Waals surface area contributed by atoms with Crippen LogP contribution < -0.4 is 5.73 Å². The molecular formula is C12H14N2O3. The molecule has 0 amide bonds. The number of rotatable bonds is 5. The molecule has 2 aromatic rings. The maximum absolute atomic E-state index is 11.1. The van der Waals surface area contributed by atoms with E-state index in [0.717, 1.165) is 16.7 Å². The summed E-state index contributed by atoms with van der Waals surface area (Å²) in [5, 5.41) is 0. The monoisotopic (exact) mass is 234 g/mol. The Morgan fingerprint density at radius 1 is 1.47 bits per heavy atom. The summed E-state index contributed by atoms with van der Waals surface area (Å²) in [5.74, 6) is -0.256. The second kappa shape index (κ2) is 5.45. The first kappa shape index (κ1) is 11.6. The lowest BCUT2D eigenvalue weighted by Crippen LogP contribution is -2.12. The van der Waals surface area contributed by atoms with Crippen LogP contribution in [0.1, 0.15) is 12.0 Å². The summed E-state index contributed by atoms with van der Waals surface area (Å²) in [6.45, 7) is 0.682. The van der Waals surface area contributed by atoms with E-state index in [0.29, 0.717) is 19.6 Å². The summed E-state index contributed by atoms with van der Waals surface area (Å²) in [4.78, 5) is 15.1. The molecule has 5 heteroatoms. The van der Waals surface area contributed by atoms with Crippen LogP contribution in [0.15, 0.2) is 29.0 Å². The van der Waals surface area contributed by atoms with Crippen molar-refractivity contribution in [2.45, 2.75) is 12.8 Å². The smallest absolute Gasteiger partial charge is 0.307 e. The molecule has 0 aliphatic carbocycles. The number of oxazole rings is 1. The molecule has 1 aromatic heterocycles. The minimum absolute atomic E-state index is 0.256. The van der Waals surface area contributed by atoms with E-state index < -0.39 is 0 Å². The normalized spacial score (nSPS) is 10.6. The lowest BCUT2D eigenvalue weighted by atomic mass is 10.1. The average molecular weight is 234 g/mol. The molecule has 0 spiro atoms. The predicted molar refractivity (Wildman–Crippen MR) is 62.3 cm³/mol. The summed E-state index contributed by atoms with van der Waals surface area (Å²) >= 11 is 0. The van der Waals surface area contributed by atoms with Crippen LogP contribution in [-0.2, 0) is 16.0 Å². The van der Waals surface area contributed by atoms with Crippen molar-refractivity contribution in [3.8, 4) is 0 Å². The van der Waals surface area contributed by atoms with Gasteiger partial charge in [-0.3, -0.25) is 4.79 Å². The molecule has 5 nitrogen and oxygen atoms in total. The van der Waals surface area contributed by atoms with Gasteiger partial charge < -0.3 is 14.9 Å². The van der Waals surface area contributed by atoms with Crippen molar-refractivity contribution in [2.24, 2.45) is 5.73 Å². The molecule has 2 N–H and O–H groups in total. The molecule has 0 bridgehead atoms. The maximum atomic E-state index is 11.1. The molecule has 0 aliphatic heterocycles. The summed E-state index contributed by atoms with van der Waals surface area (Å²) in [6.07, 6.45) is 2.34. The lowest BCUT2D eigenvalue weighted by Gasteiger charge is -2.03. The van der Waals surface area contributed by atoms with Crippen molar-refractivity contribution in [1.29, 1.82) is 0 Å². The van der Waals surface area contributed by atoms with E-state index in [1.807, 2.05) is 18.2 Å². The Kier molecular flexibility index (Phi) is 3.72. The molecule has 1 aromatic carbocycles. The minimum Gasteiger partial charge on any atom is -0.465 e. The fourth-order valence-electron chi connectivity index (χ4n) is 1.53. The van der Waals surface area contributed by atoms with Crippen LogP contribution in [0.3, 0.4) is 0 Å². The van der Waals surface area contributed by atoms with Gasteiger partial charge in [0.2, 0.25) is 0 Å². The van der Waals surface area contributed by atoms with Crippen molar-refractivity contribution in [3.05, 3.63) is 30.2 Å². The number of hydrogen-bond donors (Lipinski definition) is 1.